The SMILES string of the molecule is CC1CCCCN1C(=O)c1ccc(CN)cc1. The zero-order valence-corrected chi connectivity index (χ0v) is 10.4. The number of likely N-dealkylation sites (tertiary alicyclic amines) is 1. The first kappa shape index (κ1) is 12.1. The summed E-state index contributed by atoms with van der Waals surface area (Å²) < 4.78 is 0. The molecule has 0 spiro atoms. The monoisotopic (exact) mass is 232 g/mol. The van der Waals surface area contributed by atoms with Crippen LogP contribution >= 0.6 is 0 Å². The zero-order valence-electron chi connectivity index (χ0n) is 10.4. The lowest BCUT2D eigenvalue weighted by Gasteiger charge is -2.33. The highest BCUT2D eigenvalue weighted by Crippen LogP contribution is 2.19. The maximum atomic E-state index is 12.3. The van der Waals surface area contributed by atoms with Gasteiger partial charge in [-0.15, -0.1) is 0 Å². The Hall–Kier alpha value is -1.35. The smallest absolute Gasteiger partial charge is 0.254 e. The fourth-order valence-electron chi connectivity index (χ4n) is 2.35. The van der Waals surface area contributed by atoms with E-state index in [1.54, 1.807) is 0 Å². The van der Waals surface area contributed by atoms with Crippen molar-refractivity contribution >= 4 is 5.91 Å². The zero-order chi connectivity index (χ0) is 12.3. The maximum Gasteiger partial charge on any atom is 0.254 e. The molecule has 0 aromatic heterocycles. The molecule has 1 aromatic carbocycles. The minimum atomic E-state index is 0.153. The number of carbonyl (C=O) groups is 1. The van der Waals surface area contributed by atoms with Crippen molar-refractivity contribution in [2.45, 2.75) is 38.8 Å². The molecule has 2 rings (SSSR count). The third-order valence-corrected chi connectivity index (χ3v) is 3.50. The van der Waals surface area contributed by atoms with Crippen LogP contribution in [0.25, 0.3) is 0 Å². The number of hydrogen-bond donors (Lipinski definition) is 1. The summed E-state index contributed by atoms with van der Waals surface area (Å²) in [6, 6.07) is 7.99. The highest BCUT2D eigenvalue weighted by molar-refractivity contribution is 5.94. The molecule has 1 fully saturated rings. The first-order valence-electron chi connectivity index (χ1n) is 6.32. The summed E-state index contributed by atoms with van der Waals surface area (Å²) in [5, 5.41) is 0. The molecule has 17 heavy (non-hydrogen) atoms. The Balaban J connectivity index is 2.12. The molecule has 1 unspecified atom stereocenters. The van der Waals surface area contributed by atoms with Crippen molar-refractivity contribution in [1.29, 1.82) is 0 Å². The van der Waals surface area contributed by atoms with Gasteiger partial charge < -0.3 is 10.6 Å². The van der Waals surface area contributed by atoms with E-state index in [2.05, 4.69) is 6.92 Å². The predicted octanol–water partition coefficient (Wildman–Crippen LogP) is 2.16. The van der Waals surface area contributed by atoms with Gasteiger partial charge in [0.15, 0.2) is 0 Å². The van der Waals surface area contributed by atoms with Crippen LogP contribution in [0.2, 0.25) is 0 Å². The van der Waals surface area contributed by atoms with Crippen LogP contribution < -0.4 is 5.73 Å². The summed E-state index contributed by atoms with van der Waals surface area (Å²) in [5.41, 5.74) is 7.38. The number of rotatable bonds is 2. The molecule has 1 aliphatic rings. The molecular formula is C14H20N2O. The van der Waals surface area contributed by atoms with Gasteiger partial charge in [-0.05, 0) is 43.9 Å². The molecular weight excluding hydrogens is 212 g/mol. The van der Waals surface area contributed by atoms with Gasteiger partial charge >= 0.3 is 0 Å². The van der Waals surface area contributed by atoms with Crippen molar-refractivity contribution in [1.82, 2.24) is 4.90 Å². The van der Waals surface area contributed by atoms with Crippen LogP contribution in [0.3, 0.4) is 0 Å². The molecule has 3 heteroatoms. The maximum absolute atomic E-state index is 12.3. The number of hydrogen-bond acceptors (Lipinski definition) is 2. The molecule has 1 aliphatic heterocycles. The lowest BCUT2D eigenvalue weighted by molar-refractivity contribution is 0.0635. The van der Waals surface area contributed by atoms with Gasteiger partial charge in [-0.25, -0.2) is 0 Å². The van der Waals surface area contributed by atoms with Crippen LogP contribution in [0.15, 0.2) is 24.3 Å². The minimum absolute atomic E-state index is 0.153. The summed E-state index contributed by atoms with van der Waals surface area (Å²) in [4.78, 5) is 14.3. The van der Waals surface area contributed by atoms with Gasteiger partial charge in [0, 0.05) is 24.7 Å². The largest absolute Gasteiger partial charge is 0.336 e. The van der Waals surface area contributed by atoms with Gasteiger partial charge in [0.1, 0.15) is 0 Å². The molecule has 3 nitrogen and oxygen atoms in total. The molecule has 0 bridgehead atoms. The van der Waals surface area contributed by atoms with Crippen molar-refractivity contribution in [2.24, 2.45) is 5.73 Å². The molecule has 1 amide bonds. The van der Waals surface area contributed by atoms with Gasteiger partial charge in [0.2, 0.25) is 0 Å². The average molecular weight is 232 g/mol. The third-order valence-electron chi connectivity index (χ3n) is 3.50. The van der Waals surface area contributed by atoms with Crippen LogP contribution in [0.4, 0.5) is 0 Å². The highest BCUT2D eigenvalue weighted by Gasteiger charge is 2.23. The molecule has 1 heterocycles. The summed E-state index contributed by atoms with van der Waals surface area (Å²) in [7, 11) is 0. The van der Waals surface area contributed by atoms with Crippen molar-refractivity contribution in [3.63, 3.8) is 0 Å². The molecule has 0 radical (unpaired) electrons. The Morgan fingerprint density at radius 1 is 1.35 bits per heavy atom. The van der Waals surface area contributed by atoms with Crippen LogP contribution in [0.5, 0.6) is 0 Å². The van der Waals surface area contributed by atoms with Crippen LogP contribution in [0.1, 0.15) is 42.1 Å². The molecule has 2 N–H and O–H groups in total. The fourth-order valence-corrected chi connectivity index (χ4v) is 2.35. The van der Waals surface area contributed by atoms with Crippen LogP contribution in [-0.4, -0.2) is 23.4 Å². The summed E-state index contributed by atoms with van der Waals surface area (Å²) in [6.07, 6.45) is 3.47. The Bertz CT molecular complexity index is 386. The molecule has 1 atom stereocenters. The number of piperidine rings is 1. The van der Waals surface area contributed by atoms with E-state index in [0.29, 0.717) is 12.6 Å². The van der Waals surface area contributed by atoms with Crippen molar-refractivity contribution in [3.05, 3.63) is 35.4 Å². The minimum Gasteiger partial charge on any atom is -0.336 e. The van der Waals surface area contributed by atoms with Crippen LogP contribution in [0, 0.1) is 0 Å². The van der Waals surface area contributed by atoms with E-state index in [1.807, 2.05) is 29.2 Å². The number of carbonyl (C=O) groups excluding carboxylic acids is 1. The number of amides is 1. The first-order valence-corrected chi connectivity index (χ1v) is 6.32. The van der Waals surface area contributed by atoms with E-state index >= 15 is 0 Å². The van der Waals surface area contributed by atoms with Gasteiger partial charge in [-0.3, -0.25) is 4.79 Å². The van der Waals surface area contributed by atoms with Crippen LogP contribution in [-0.2, 0) is 6.54 Å². The van der Waals surface area contributed by atoms with E-state index in [-0.39, 0.29) is 5.91 Å². The van der Waals surface area contributed by atoms with E-state index in [9.17, 15) is 4.79 Å². The first-order chi connectivity index (χ1) is 8.22. The summed E-state index contributed by atoms with van der Waals surface area (Å²) in [6.45, 7) is 3.54. The van der Waals surface area contributed by atoms with Gasteiger partial charge in [-0.2, -0.15) is 0 Å². The second-order valence-corrected chi connectivity index (χ2v) is 4.74. The van der Waals surface area contributed by atoms with E-state index < -0.39 is 0 Å². The lowest BCUT2D eigenvalue weighted by atomic mass is 10.0. The quantitative estimate of drug-likeness (QED) is 0.849. The van der Waals surface area contributed by atoms with Crippen molar-refractivity contribution < 1.29 is 4.79 Å². The van der Waals surface area contributed by atoms with E-state index in [0.717, 1.165) is 30.5 Å². The number of nitrogens with zero attached hydrogens (tertiary/aromatic N) is 1. The second kappa shape index (κ2) is 5.32. The van der Waals surface area contributed by atoms with Crippen molar-refractivity contribution in [3.8, 4) is 0 Å². The standard InChI is InChI=1S/C14H20N2O/c1-11-4-2-3-9-16(11)14(17)13-7-5-12(10-15)6-8-13/h5-8,11H,2-4,9-10,15H2,1H3. The Kier molecular flexibility index (Phi) is 3.79. The predicted molar refractivity (Wildman–Crippen MR) is 68.7 cm³/mol. The lowest BCUT2D eigenvalue weighted by Crippen LogP contribution is -2.42. The Morgan fingerprint density at radius 3 is 2.65 bits per heavy atom. The highest BCUT2D eigenvalue weighted by atomic mass is 16.2. The van der Waals surface area contributed by atoms with E-state index in [1.165, 1.54) is 6.42 Å². The van der Waals surface area contributed by atoms with Gasteiger partial charge in [-0.1, -0.05) is 12.1 Å². The van der Waals surface area contributed by atoms with Crippen molar-refractivity contribution in [2.75, 3.05) is 6.54 Å². The second-order valence-electron chi connectivity index (χ2n) is 4.74. The Morgan fingerprint density at radius 2 is 2.06 bits per heavy atom. The summed E-state index contributed by atoms with van der Waals surface area (Å²) in [5.74, 6) is 0.153. The van der Waals surface area contributed by atoms with Gasteiger partial charge in [0.25, 0.3) is 5.91 Å². The average Bonchev–Trinajstić information content (AvgIpc) is 2.39. The fraction of sp³-hybridized carbons (Fsp3) is 0.500. The van der Waals surface area contributed by atoms with Gasteiger partial charge in [0.05, 0.1) is 0 Å². The molecule has 92 valence electrons. The number of nitrogens with two attached hydrogens (primary N) is 1. The van der Waals surface area contributed by atoms with E-state index in [4.69, 9.17) is 5.73 Å². The summed E-state index contributed by atoms with van der Waals surface area (Å²) >= 11 is 0. The Labute approximate surface area is 103 Å². The molecule has 0 saturated carbocycles. The normalized spacial score (nSPS) is 20.4. The topological polar surface area (TPSA) is 46.3 Å². The third kappa shape index (κ3) is 2.67. The molecule has 1 aromatic rings. The molecule has 0 aliphatic carbocycles. The number of benzene rings is 1. The molecule has 1 saturated heterocycles.